The minimum Gasteiger partial charge on any atom is -0.389 e. The summed E-state index contributed by atoms with van der Waals surface area (Å²) in [6.07, 6.45) is 5.28. The summed E-state index contributed by atoms with van der Waals surface area (Å²) < 4.78 is 14.2. The molecule has 0 spiro atoms. The zero-order valence-electron chi connectivity index (χ0n) is 12.8. The number of aliphatic hydroxyl groups is 1. The van der Waals surface area contributed by atoms with E-state index < -0.39 is 6.10 Å². The van der Waals surface area contributed by atoms with Crippen LogP contribution in [0.25, 0.3) is 0 Å². The normalized spacial score (nSPS) is 24.4. The average Bonchev–Trinajstić information content (AvgIpc) is 2.46. The number of hydrogen-bond acceptors (Lipinski definition) is 2. The first kappa shape index (κ1) is 15.3. The molecule has 0 saturated heterocycles. The highest BCUT2D eigenvalue weighted by Gasteiger charge is 2.26. The third-order valence-electron chi connectivity index (χ3n) is 4.76. The van der Waals surface area contributed by atoms with Gasteiger partial charge in [-0.05, 0) is 44.6 Å². The smallest absolute Gasteiger partial charge is 0.146 e. The van der Waals surface area contributed by atoms with Gasteiger partial charge < -0.3 is 10.0 Å². The minimum atomic E-state index is -0.643. The number of aliphatic hydroxyl groups excluding tert-OH is 1. The van der Waals surface area contributed by atoms with Crippen LogP contribution in [0.2, 0.25) is 0 Å². The highest BCUT2D eigenvalue weighted by atomic mass is 19.1. The molecule has 0 amide bonds. The van der Waals surface area contributed by atoms with E-state index in [0.29, 0.717) is 17.3 Å². The zero-order valence-corrected chi connectivity index (χ0v) is 12.8. The molecule has 1 aliphatic rings. The molecule has 0 unspecified atom stereocenters. The molecule has 1 atom stereocenters. The van der Waals surface area contributed by atoms with Crippen molar-refractivity contribution < 1.29 is 9.50 Å². The molecule has 3 heteroatoms. The third-order valence-corrected chi connectivity index (χ3v) is 4.76. The first-order chi connectivity index (χ1) is 9.54. The second kappa shape index (κ2) is 6.57. The summed E-state index contributed by atoms with van der Waals surface area (Å²) in [6, 6.07) is 5.35. The Bertz CT molecular complexity index is 439. The highest BCUT2D eigenvalue weighted by Crippen LogP contribution is 2.35. The van der Waals surface area contributed by atoms with Crippen LogP contribution in [0.4, 0.5) is 10.1 Å². The molecule has 1 aromatic carbocycles. The summed E-state index contributed by atoms with van der Waals surface area (Å²) >= 11 is 0. The summed E-state index contributed by atoms with van der Waals surface area (Å²) in [4.78, 5) is 2.04. The van der Waals surface area contributed by atoms with Gasteiger partial charge in [-0.3, -0.25) is 0 Å². The van der Waals surface area contributed by atoms with Crippen LogP contribution >= 0.6 is 0 Å². The van der Waals surface area contributed by atoms with Crippen molar-refractivity contribution in [2.75, 3.05) is 11.9 Å². The number of para-hydroxylation sites is 1. The van der Waals surface area contributed by atoms with Gasteiger partial charge in [0.2, 0.25) is 0 Å². The third kappa shape index (κ3) is 3.14. The fraction of sp³-hybridized carbons (Fsp3) is 0.647. The van der Waals surface area contributed by atoms with Crippen molar-refractivity contribution >= 4 is 5.69 Å². The van der Waals surface area contributed by atoms with Gasteiger partial charge in [0, 0.05) is 18.7 Å². The maximum atomic E-state index is 14.2. The zero-order chi connectivity index (χ0) is 14.7. The van der Waals surface area contributed by atoms with E-state index in [1.165, 1.54) is 25.3 Å². The minimum absolute atomic E-state index is 0.233. The molecule has 0 bridgehead atoms. The standard InChI is InChI=1S/C17H26FNO/c1-4-13-8-10-14(11-9-13)19(3)17-15(12(2)20)6-5-7-16(17)18/h5-7,12-14,20H,4,8-11H2,1-3H3/t12-,13?,14?/m0/s1. The topological polar surface area (TPSA) is 23.5 Å². The lowest BCUT2D eigenvalue weighted by Crippen LogP contribution is -2.36. The lowest BCUT2D eigenvalue weighted by Gasteiger charge is -2.37. The van der Waals surface area contributed by atoms with Crippen LogP contribution in [0.5, 0.6) is 0 Å². The number of nitrogens with zero attached hydrogens (tertiary/aromatic N) is 1. The predicted octanol–water partition coefficient (Wildman–Crippen LogP) is 4.28. The van der Waals surface area contributed by atoms with Gasteiger partial charge in [0.25, 0.3) is 0 Å². The molecule has 0 aliphatic heterocycles. The van der Waals surface area contributed by atoms with Crippen LogP contribution in [0.1, 0.15) is 57.6 Å². The molecular formula is C17H26FNO. The van der Waals surface area contributed by atoms with E-state index in [4.69, 9.17) is 0 Å². The van der Waals surface area contributed by atoms with Gasteiger partial charge in [0.15, 0.2) is 0 Å². The Hall–Kier alpha value is -1.09. The van der Waals surface area contributed by atoms with Gasteiger partial charge in [-0.1, -0.05) is 25.5 Å². The van der Waals surface area contributed by atoms with Gasteiger partial charge in [0.1, 0.15) is 5.82 Å². The van der Waals surface area contributed by atoms with E-state index in [9.17, 15) is 9.50 Å². The van der Waals surface area contributed by atoms with Crippen LogP contribution in [0, 0.1) is 11.7 Å². The number of rotatable bonds is 4. The van der Waals surface area contributed by atoms with Gasteiger partial charge in [-0.25, -0.2) is 4.39 Å². The van der Waals surface area contributed by atoms with Crippen molar-refractivity contribution in [2.45, 2.75) is 58.1 Å². The van der Waals surface area contributed by atoms with E-state index in [2.05, 4.69) is 6.92 Å². The summed E-state index contributed by atoms with van der Waals surface area (Å²) in [5.74, 6) is 0.597. The first-order valence-corrected chi connectivity index (χ1v) is 7.73. The largest absolute Gasteiger partial charge is 0.389 e. The van der Waals surface area contributed by atoms with Gasteiger partial charge in [0.05, 0.1) is 11.8 Å². The molecule has 1 aliphatic carbocycles. The molecule has 1 saturated carbocycles. The second-order valence-corrected chi connectivity index (χ2v) is 6.05. The number of hydrogen-bond donors (Lipinski definition) is 1. The van der Waals surface area contributed by atoms with Crippen molar-refractivity contribution in [3.8, 4) is 0 Å². The molecule has 1 N–H and O–H groups in total. The summed E-state index contributed by atoms with van der Waals surface area (Å²) in [6.45, 7) is 3.94. The summed E-state index contributed by atoms with van der Waals surface area (Å²) in [7, 11) is 1.96. The molecule has 1 fully saturated rings. The predicted molar refractivity (Wildman–Crippen MR) is 81.5 cm³/mol. The summed E-state index contributed by atoms with van der Waals surface area (Å²) in [5, 5.41) is 9.86. The fourth-order valence-electron chi connectivity index (χ4n) is 3.36. The molecule has 1 aromatic rings. The van der Waals surface area contributed by atoms with Crippen molar-refractivity contribution in [1.82, 2.24) is 0 Å². The summed E-state index contributed by atoms with van der Waals surface area (Å²) in [5.41, 5.74) is 1.26. The van der Waals surface area contributed by atoms with Crippen LogP contribution < -0.4 is 4.90 Å². The average molecular weight is 279 g/mol. The quantitative estimate of drug-likeness (QED) is 0.889. The van der Waals surface area contributed by atoms with E-state index in [1.54, 1.807) is 13.0 Å². The van der Waals surface area contributed by atoms with Crippen LogP contribution in [-0.4, -0.2) is 18.2 Å². The Kier molecular flexibility index (Phi) is 5.03. The Balaban J connectivity index is 2.19. The van der Waals surface area contributed by atoms with E-state index in [-0.39, 0.29) is 5.82 Å². The van der Waals surface area contributed by atoms with E-state index in [0.717, 1.165) is 18.8 Å². The van der Waals surface area contributed by atoms with E-state index in [1.807, 2.05) is 18.0 Å². The maximum absolute atomic E-state index is 14.2. The Labute approximate surface area is 121 Å². The number of halogens is 1. The van der Waals surface area contributed by atoms with Crippen molar-refractivity contribution in [1.29, 1.82) is 0 Å². The molecule has 2 nitrogen and oxygen atoms in total. The lowest BCUT2D eigenvalue weighted by molar-refractivity contribution is 0.199. The fourth-order valence-corrected chi connectivity index (χ4v) is 3.36. The number of benzene rings is 1. The molecule has 0 heterocycles. The van der Waals surface area contributed by atoms with Crippen LogP contribution in [0.15, 0.2) is 18.2 Å². The highest BCUT2D eigenvalue weighted by molar-refractivity contribution is 5.56. The van der Waals surface area contributed by atoms with Gasteiger partial charge in [-0.15, -0.1) is 0 Å². The van der Waals surface area contributed by atoms with E-state index >= 15 is 0 Å². The Morgan fingerprint density at radius 2 is 1.95 bits per heavy atom. The van der Waals surface area contributed by atoms with Crippen LogP contribution in [-0.2, 0) is 0 Å². The first-order valence-electron chi connectivity index (χ1n) is 7.73. The maximum Gasteiger partial charge on any atom is 0.146 e. The van der Waals surface area contributed by atoms with Crippen molar-refractivity contribution in [3.05, 3.63) is 29.6 Å². The van der Waals surface area contributed by atoms with Crippen molar-refractivity contribution in [3.63, 3.8) is 0 Å². The van der Waals surface area contributed by atoms with Crippen LogP contribution in [0.3, 0.4) is 0 Å². The monoisotopic (exact) mass is 279 g/mol. The van der Waals surface area contributed by atoms with Gasteiger partial charge >= 0.3 is 0 Å². The SMILES string of the molecule is CCC1CCC(N(C)c2c(F)cccc2[C@H](C)O)CC1. The lowest BCUT2D eigenvalue weighted by atomic mass is 9.84. The Morgan fingerprint density at radius 1 is 1.30 bits per heavy atom. The molecular weight excluding hydrogens is 253 g/mol. The molecule has 0 radical (unpaired) electrons. The molecule has 20 heavy (non-hydrogen) atoms. The molecule has 112 valence electrons. The van der Waals surface area contributed by atoms with Crippen molar-refractivity contribution in [2.24, 2.45) is 5.92 Å². The molecule has 2 rings (SSSR count). The molecule has 0 aromatic heterocycles. The Morgan fingerprint density at radius 3 is 2.50 bits per heavy atom. The number of anilines is 1. The second-order valence-electron chi connectivity index (χ2n) is 6.05. The van der Waals surface area contributed by atoms with Gasteiger partial charge in [-0.2, -0.15) is 0 Å².